The van der Waals surface area contributed by atoms with Crippen molar-refractivity contribution in [2.24, 2.45) is 0 Å². The molecular formula is C16H16BrNOS2. The van der Waals surface area contributed by atoms with E-state index in [0.29, 0.717) is 0 Å². The average molecular weight is 382 g/mol. The monoisotopic (exact) mass is 381 g/mol. The number of rotatable bonds is 5. The minimum absolute atomic E-state index is 0.215. The van der Waals surface area contributed by atoms with Crippen LogP contribution < -0.4 is 10.1 Å². The third kappa shape index (κ3) is 2.88. The van der Waals surface area contributed by atoms with Crippen LogP contribution in [0, 0.1) is 0 Å². The van der Waals surface area contributed by atoms with Gasteiger partial charge in [0.15, 0.2) is 0 Å². The van der Waals surface area contributed by atoms with Crippen molar-refractivity contribution < 1.29 is 4.74 Å². The van der Waals surface area contributed by atoms with Crippen molar-refractivity contribution in [1.82, 2.24) is 5.32 Å². The molecule has 2 heterocycles. The van der Waals surface area contributed by atoms with E-state index in [9.17, 15) is 0 Å². The van der Waals surface area contributed by atoms with Crippen molar-refractivity contribution in [2.75, 3.05) is 13.7 Å². The quantitative estimate of drug-likeness (QED) is 0.635. The first-order valence-corrected chi connectivity index (χ1v) is 9.31. The number of benzene rings is 1. The zero-order valence-electron chi connectivity index (χ0n) is 11.9. The normalized spacial score (nSPS) is 12.7. The highest BCUT2D eigenvalue weighted by Gasteiger charge is 2.19. The zero-order valence-corrected chi connectivity index (χ0v) is 15.1. The van der Waals surface area contributed by atoms with Gasteiger partial charge in [-0.2, -0.15) is 0 Å². The molecule has 0 aliphatic rings. The maximum absolute atomic E-state index is 5.32. The van der Waals surface area contributed by atoms with E-state index in [0.717, 1.165) is 16.8 Å². The summed E-state index contributed by atoms with van der Waals surface area (Å²) in [6.45, 7) is 3.07. The van der Waals surface area contributed by atoms with Crippen LogP contribution in [0.1, 0.15) is 23.4 Å². The first-order chi connectivity index (χ1) is 10.2. The fourth-order valence-corrected chi connectivity index (χ4v) is 5.02. The van der Waals surface area contributed by atoms with Gasteiger partial charge in [0.2, 0.25) is 0 Å². The number of hydrogen-bond donors (Lipinski definition) is 1. The Balaban J connectivity index is 2.09. The summed E-state index contributed by atoms with van der Waals surface area (Å²) in [7, 11) is 1.71. The predicted molar refractivity (Wildman–Crippen MR) is 95.9 cm³/mol. The first-order valence-electron chi connectivity index (χ1n) is 6.76. The fraction of sp³-hybridized carbons (Fsp3) is 0.250. The molecule has 1 atom stereocenters. The van der Waals surface area contributed by atoms with E-state index >= 15 is 0 Å². The van der Waals surface area contributed by atoms with Crippen molar-refractivity contribution in [2.45, 2.75) is 13.0 Å². The Kier molecular flexibility index (Phi) is 4.64. The molecule has 0 spiro atoms. The van der Waals surface area contributed by atoms with Gasteiger partial charge < -0.3 is 10.1 Å². The Labute approximate surface area is 140 Å². The molecule has 0 radical (unpaired) electrons. The number of halogens is 1. The molecule has 1 unspecified atom stereocenters. The van der Waals surface area contributed by atoms with Crippen LogP contribution in [0.5, 0.6) is 5.75 Å². The van der Waals surface area contributed by atoms with Gasteiger partial charge in [-0.3, -0.25) is 0 Å². The number of fused-ring (bicyclic) bond motifs is 1. The number of methoxy groups -OCH3 is 1. The van der Waals surface area contributed by atoms with Gasteiger partial charge in [0, 0.05) is 19.4 Å². The van der Waals surface area contributed by atoms with Crippen molar-refractivity contribution in [3.8, 4) is 5.75 Å². The Morgan fingerprint density at radius 1 is 1.29 bits per heavy atom. The zero-order chi connectivity index (χ0) is 14.8. The number of nitrogens with one attached hydrogen (secondary N) is 1. The van der Waals surface area contributed by atoms with Crippen LogP contribution in [0.3, 0.4) is 0 Å². The second-order valence-electron chi connectivity index (χ2n) is 4.69. The smallest absolute Gasteiger partial charge is 0.129 e. The topological polar surface area (TPSA) is 21.3 Å². The lowest BCUT2D eigenvalue weighted by Gasteiger charge is -2.16. The van der Waals surface area contributed by atoms with Gasteiger partial charge in [-0.1, -0.05) is 19.1 Å². The Hall–Kier alpha value is -0.880. The molecule has 0 saturated carbocycles. The van der Waals surface area contributed by atoms with Crippen molar-refractivity contribution in [3.05, 3.63) is 49.9 Å². The number of hydrogen-bond acceptors (Lipinski definition) is 4. The maximum atomic E-state index is 5.32. The summed E-state index contributed by atoms with van der Waals surface area (Å²) < 4.78 is 7.79. The van der Waals surface area contributed by atoms with Gasteiger partial charge in [0.1, 0.15) is 5.75 Å². The molecule has 0 aliphatic carbocycles. The summed E-state index contributed by atoms with van der Waals surface area (Å²) in [5.41, 5.74) is 1.34. The van der Waals surface area contributed by atoms with E-state index in [1.165, 1.54) is 20.5 Å². The van der Waals surface area contributed by atoms with E-state index < -0.39 is 0 Å². The molecule has 21 heavy (non-hydrogen) atoms. The van der Waals surface area contributed by atoms with Crippen LogP contribution in [0.4, 0.5) is 0 Å². The largest absolute Gasteiger partial charge is 0.496 e. The Bertz CT molecular complexity index is 750. The third-order valence-electron chi connectivity index (χ3n) is 3.42. The molecule has 3 rings (SSSR count). The van der Waals surface area contributed by atoms with Crippen LogP contribution in [0.25, 0.3) is 10.1 Å². The second-order valence-corrected chi connectivity index (χ2v) is 7.36. The third-order valence-corrected chi connectivity index (χ3v) is 6.36. The highest BCUT2D eigenvalue weighted by molar-refractivity contribution is 9.10. The van der Waals surface area contributed by atoms with E-state index in [2.05, 4.69) is 63.2 Å². The fourth-order valence-electron chi connectivity index (χ4n) is 2.43. The van der Waals surface area contributed by atoms with Crippen molar-refractivity contribution in [1.29, 1.82) is 0 Å². The van der Waals surface area contributed by atoms with E-state index in [1.54, 1.807) is 29.8 Å². The predicted octanol–water partition coefficient (Wildman–Crippen LogP) is 5.43. The highest BCUT2D eigenvalue weighted by Crippen LogP contribution is 2.39. The molecule has 1 aromatic carbocycles. The van der Waals surface area contributed by atoms with E-state index in [-0.39, 0.29) is 6.04 Å². The molecule has 0 aliphatic heterocycles. The van der Waals surface area contributed by atoms with Crippen LogP contribution >= 0.6 is 38.6 Å². The van der Waals surface area contributed by atoms with E-state index in [4.69, 9.17) is 4.74 Å². The summed E-state index contributed by atoms with van der Waals surface area (Å²) in [4.78, 5) is 1.29. The molecule has 2 aromatic heterocycles. The van der Waals surface area contributed by atoms with Crippen LogP contribution in [-0.4, -0.2) is 13.7 Å². The lowest BCUT2D eigenvalue weighted by Crippen LogP contribution is -2.20. The van der Waals surface area contributed by atoms with Crippen molar-refractivity contribution in [3.63, 3.8) is 0 Å². The van der Waals surface area contributed by atoms with Crippen LogP contribution in [0.15, 0.2) is 39.5 Å². The van der Waals surface area contributed by atoms with Gasteiger partial charge in [-0.15, -0.1) is 22.7 Å². The van der Waals surface area contributed by atoms with Crippen LogP contribution in [-0.2, 0) is 0 Å². The average Bonchev–Trinajstić information content (AvgIpc) is 3.12. The molecular weight excluding hydrogens is 366 g/mol. The molecule has 0 bridgehead atoms. The highest BCUT2D eigenvalue weighted by atomic mass is 79.9. The second kappa shape index (κ2) is 6.48. The van der Waals surface area contributed by atoms with Gasteiger partial charge in [0.25, 0.3) is 0 Å². The standard InChI is InChI=1S/C16H16BrNOS2/c1-3-18-15(14-7-10(19-2)8-20-14)12-9-21-16-11(12)5-4-6-13(16)17/h4-9,15,18H,3H2,1-2H3. The maximum Gasteiger partial charge on any atom is 0.129 e. The molecule has 3 aromatic rings. The summed E-state index contributed by atoms with van der Waals surface area (Å²) in [5.74, 6) is 0.929. The molecule has 0 amide bonds. The van der Waals surface area contributed by atoms with Gasteiger partial charge in [-0.25, -0.2) is 0 Å². The minimum atomic E-state index is 0.215. The Morgan fingerprint density at radius 2 is 2.14 bits per heavy atom. The SMILES string of the molecule is CCNC(c1cc(OC)cs1)c1csc2c(Br)cccc12. The number of thiophene rings is 2. The number of ether oxygens (including phenoxy) is 1. The minimum Gasteiger partial charge on any atom is -0.496 e. The van der Waals surface area contributed by atoms with Gasteiger partial charge in [-0.05, 0) is 50.9 Å². The molecule has 0 saturated heterocycles. The molecule has 2 nitrogen and oxygen atoms in total. The van der Waals surface area contributed by atoms with Gasteiger partial charge in [0.05, 0.1) is 13.2 Å². The molecule has 1 N–H and O–H groups in total. The Morgan fingerprint density at radius 3 is 2.86 bits per heavy atom. The van der Waals surface area contributed by atoms with Gasteiger partial charge >= 0.3 is 0 Å². The van der Waals surface area contributed by atoms with E-state index in [1.807, 2.05) is 0 Å². The summed E-state index contributed by atoms with van der Waals surface area (Å²) >= 11 is 7.17. The first kappa shape index (κ1) is 15.0. The summed E-state index contributed by atoms with van der Waals surface area (Å²) in [6, 6.07) is 8.73. The lowest BCUT2D eigenvalue weighted by molar-refractivity contribution is 0.416. The lowest BCUT2D eigenvalue weighted by atomic mass is 10.0. The molecule has 110 valence electrons. The molecule has 5 heteroatoms. The summed E-state index contributed by atoms with van der Waals surface area (Å²) in [6.07, 6.45) is 0. The van der Waals surface area contributed by atoms with Crippen molar-refractivity contribution >= 4 is 48.7 Å². The molecule has 0 fully saturated rings. The van der Waals surface area contributed by atoms with Crippen LogP contribution in [0.2, 0.25) is 0 Å². The summed E-state index contributed by atoms with van der Waals surface area (Å²) in [5, 5.41) is 9.23.